The Kier molecular flexibility index (Phi) is 4.11. The van der Waals surface area contributed by atoms with Crippen molar-refractivity contribution in [3.63, 3.8) is 0 Å². The molecule has 4 heteroatoms. The highest BCUT2D eigenvalue weighted by Crippen LogP contribution is 2.29. The average molecular weight is 290 g/mol. The third-order valence-corrected chi connectivity index (χ3v) is 3.19. The van der Waals surface area contributed by atoms with Crippen LogP contribution >= 0.6 is 23.2 Å². The maximum atomic E-state index is 10.2. The van der Waals surface area contributed by atoms with Crippen molar-refractivity contribution < 1.29 is 5.11 Å². The van der Waals surface area contributed by atoms with Gasteiger partial charge in [0.05, 0.1) is 5.02 Å². The molecule has 94 valence electrons. The number of hydrogen-bond donors (Lipinski definition) is 1. The van der Waals surface area contributed by atoms with Crippen LogP contribution in [0.3, 0.4) is 0 Å². The average Bonchev–Trinajstić information content (AvgIpc) is 2.42. The molecule has 0 spiro atoms. The Balaban J connectivity index is 2.57. The monoisotopic (exact) mass is 289 g/mol. The van der Waals surface area contributed by atoms with Gasteiger partial charge >= 0.3 is 0 Å². The Bertz CT molecular complexity index is 669. The lowest BCUT2D eigenvalue weighted by atomic mass is 10.0. The van der Waals surface area contributed by atoms with E-state index in [1.165, 1.54) is 0 Å². The molecular weight excluding hydrogens is 281 g/mol. The summed E-state index contributed by atoms with van der Waals surface area (Å²) in [5.41, 5.74) is 1.17. The van der Waals surface area contributed by atoms with Crippen molar-refractivity contribution >= 4 is 34.5 Å². The molecule has 0 aliphatic carbocycles. The SMILES string of the molecule is N#C/C(=C(\O)c1ccccc1Cl)c1ccc(Cl)cc1. The molecule has 0 unspecified atom stereocenters. The molecule has 0 saturated heterocycles. The lowest BCUT2D eigenvalue weighted by Gasteiger charge is -2.06. The number of hydrogen-bond acceptors (Lipinski definition) is 2. The summed E-state index contributed by atoms with van der Waals surface area (Å²) in [6, 6.07) is 15.5. The van der Waals surface area contributed by atoms with Gasteiger partial charge in [0.25, 0.3) is 0 Å². The van der Waals surface area contributed by atoms with E-state index in [2.05, 4.69) is 0 Å². The van der Waals surface area contributed by atoms with E-state index < -0.39 is 0 Å². The number of aliphatic hydroxyl groups is 1. The molecule has 0 bridgehead atoms. The van der Waals surface area contributed by atoms with Gasteiger partial charge in [-0.05, 0) is 29.8 Å². The molecule has 2 rings (SSSR count). The Morgan fingerprint density at radius 3 is 2.21 bits per heavy atom. The largest absolute Gasteiger partial charge is 0.506 e. The Labute approximate surface area is 121 Å². The van der Waals surface area contributed by atoms with E-state index >= 15 is 0 Å². The van der Waals surface area contributed by atoms with E-state index in [9.17, 15) is 10.4 Å². The second kappa shape index (κ2) is 5.79. The summed E-state index contributed by atoms with van der Waals surface area (Å²) in [5, 5.41) is 20.4. The van der Waals surface area contributed by atoms with E-state index in [-0.39, 0.29) is 11.3 Å². The number of nitrogens with zero attached hydrogens (tertiary/aromatic N) is 1. The van der Waals surface area contributed by atoms with Crippen LogP contribution < -0.4 is 0 Å². The van der Waals surface area contributed by atoms with Gasteiger partial charge in [-0.1, -0.05) is 47.5 Å². The molecule has 0 fully saturated rings. The van der Waals surface area contributed by atoms with Crippen LogP contribution in [0.2, 0.25) is 10.0 Å². The number of allylic oxidation sites excluding steroid dienone is 1. The van der Waals surface area contributed by atoms with E-state index in [1.807, 2.05) is 6.07 Å². The van der Waals surface area contributed by atoms with Crippen molar-refractivity contribution in [1.82, 2.24) is 0 Å². The van der Waals surface area contributed by atoms with Gasteiger partial charge in [-0.25, -0.2) is 0 Å². The summed E-state index contributed by atoms with van der Waals surface area (Å²) in [5.74, 6) is -0.143. The first kappa shape index (κ1) is 13.5. The summed E-state index contributed by atoms with van der Waals surface area (Å²) in [6.07, 6.45) is 0. The van der Waals surface area contributed by atoms with Gasteiger partial charge in [0, 0.05) is 10.6 Å². The van der Waals surface area contributed by atoms with E-state index in [0.29, 0.717) is 21.2 Å². The molecule has 0 aliphatic heterocycles. The van der Waals surface area contributed by atoms with Crippen LogP contribution in [0.5, 0.6) is 0 Å². The second-order valence-corrected chi connectivity index (χ2v) is 4.67. The van der Waals surface area contributed by atoms with Gasteiger partial charge < -0.3 is 5.11 Å². The van der Waals surface area contributed by atoms with Crippen molar-refractivity contribution in [3.8, 4) is 6.07 Å². The van der Waals surface area contributed by atoms with Crippen LogP contribution in [-0.2, 0) is 0 Å². The van der Waals surface area contributed by atoms with Gasteiger partial charge in [0.1, 0.15) is 17.4 Å². The van der Waals surface area contributed by atoms with Crippen LogP contribution in [0, 0.1) is 11.3 Å². The van der Waals surface area contributed by atoms with Crippen LogP contribution in [-0.4, -0.2) is 5.11 Å². The Morgan fingerprint density at radius 2 is 1.63 bits per heavy atom. The molecule has 19 heavy (non-hydrogen) atoms. The zero-order chi connectivity index (χ0) is 13.8. The molecule has 2 aromatic rings. The molecular formula is C15H9Cl2NO. The van der Waals surface area contributed by atoms with Crippen LogP contribution in [0.4, 0.5) is 0 Å². The first-order valence-electron chi connectivity index (χ1n) is 5.47. The summed E-state index contributed by atoms with van der Waals surface area (Å²) in [6.45, 7) is 0. The quantitative estimate of drug-likeness (QED) is 0.483. The standard InChI is InChI=1S/C15H9Cl2NO/c16-11-7-5-10(6-8-11)13(9-18)15(19)12-3-1-2-4-14(12)17/h1-8,19H/b15-13+. The summed E-state index contributed by atoms with van der Waals surface area (Å²) in [7, 11) is 0. The summed E-state index contributed by atoms with van der Waals surface area (Å²) < 4.78 is 0. The molecule has 0 heterocycles. The molecule has 0 saturated carbocycles. The van der Waals surface area contributed by atoms with Gasteiger partial charge in [0.15, 0.2) is 0 Å². The molecule has 0 aromatic heterocycles. The second-order valence-electron chi connectivity index (χ2n) is 3.82. The van der Waals surface area contributed by atoms with Gasteiger partial charge in [0.2, 0.25) is 0 Å². The number of nitriles is 1. The van der Waals surface area contributed by atoms with Crippen molar-refractivity contribution in [3.05, 3.63) is 69.7 Å². The van der Waals surface area contributed by atoms with Gasteiger partial charge in [-0.3, -0.25) is 0 Å². The van der Waals surface area contributed by atoms with Crippen molar-refractivity contribution in [2.75, 3.05) is 0 Å². The minimum atomic E-state index is -0.143. The van der Waals surface area contributed by atoms with Gasteiger partial charge in [-0.2, -0.15) is 5.26 Å². The van der Waals surface area contributed by atoms with E-state index in [4.69, 9.17) is 23.2 Å². The smallest absolute Gasteiger partial charge is 0.142 e. The lowest BCUT2D eigenvalue weighted by Crippen LogP contribution is -1.91. The minimum Gasteiger partial charge on any atom is -0.506 e. The first-order valence-corrected chi connectivity index (χ1v) is 6.23. The molecule has 0 amide bonds. The molecule has 1 N–H and O–H groups in total. The number of halogens is 2. The predicted octanol–water partition coefficient (Wildman–Crippen LogP) is 4.94. The Hall–Kier alpha value is -1.95. The third kappa shape index (κ3) is 2.90. The lowest BCUT2D eigenvalue weighted by molar-refractivity contribution is 0.514. The molecule has 2 aromatic carbocycles. The highest BCUT2D eigenvalue weighted by Gasteiger charge is 2.12. The fourth-order valence-corrected chi connectivity index (χ4v) is 2.01. The normalized spacial score (nSPS) is 11.6. The minimum absolute atomic E-state index is 0.143. The van der Waals surface area contributed by atoms with Gasteiger partial charge in [-0.15, -0.1) is 0 Å². The number of aliphatic hydroxyl groups excluding tert-OH is 1. The molecule has 0 aliphatic rings. The zero-order valence-corrected chi connectivity index (χ0v) is 11.3. The van der Waals surface area contributed by atoms with Crippen molar-refractivity contribution in [1.29, 1.82) is 5.26 Å². The summed E-state index contributed by atoms with van der Waals surface area (Å²) >= 11 is 11.8. The van der Waals surface area contributed by atoms with Crippen LogP contribution in [0.1, 0.15) is 11.1 Å². The topological polar surface area (TPSA) is 44.0 Å². The predicted molar refractivity (Wildman–Crippen MR) is 78.0 cm³/mol. The van der Waals surface area contributed by atoms with Crippen molar-refractivity contribution in [2.45, 2.75) is 0 Å². The maximum absolute atomic E-state index is 10.2. The molecule has 0 radical (unpaired) electrons. The van der Waals surface area contributed by atoms with Crippen LogP contribution in [0.25, 0.3) is 11.3 Å². The van der Waals surface area contributed by atoms with E-state index in [0.717, 1.165) is 0 Å². The molecule has 0 atom stereocenters. The first-order chi connectivity index (χ1) is 9.13. The maximum Gasteiger partial charge on any atom is 0.142 e. The van der Waals surface area contributed by atoms with Crippen LogP contribution in [0.15, 0.2) is 48.5 Å². The Morgan fingerprint density at radius 1 is 1.00 bits per heavy atom. The highest BCUT2D eigenvalue weighted by atomic mass is 35.5. The summed E-state index contributed by atoms with van der Waals surface area (Å²) in [4.78, 5) is 0. The highest BCUT2D eigenvalue weighted by molar-refractivity contribution is 6.32. The van der Waals surface area contributed by atoms with E-state index in [1.54, 1.807) is 48.5 Å². The number of benzene rings is 2. The third-order valence-electron chi connectivity index (χ3n) is 2.61. The zero-order valence-electron chi connectivity index (χ0n) is 9.77. The molecule has 2 nitrogen and oxygen atoms in total. The number of rotatable bonds is 2. The van der Waals surface area contributed by atoms with Crippen molar-refractivity contribution in [2.24, 2.45) is 0 Å². The fourth-order valence-electron chi connectivity index (χ4n) is 1.66. The fraction of sp³-hybridized carbons (Fsp3) is 0.